The third-order valence-electron chi connectivity index (χ3n) is 2.40. The summed E-state index contributed by atoms with van der Waals surface area (Å²) in [7, 11) is 1.94. The number of aromatic nitrogens is 3. The van der Waals surface area contributed by atoms with Crippen LogP contribution in [0.3, 0.4) is 0 Å². The van der Waals surface area contributed by atoms with E-state index < -0.39 is 0 Å². The Morgan fingerprint density at radius 2 is 2.41 bits per heavy atom. The number of nitrogens with one attached hydrogen (secondary N) is 1. The number of hydrogen-bond acceptors (Lipinski definition) is 5. The van der Waals surface area contributed by atoms with Gasteiger partial charge >= 0.3 is 0 Å². The topological polar surface area (TPSA) is 66.5 Å². The Morgan fingerprint density at radius 3 is 3.06 bits per heavy atom. The summed E-state index contributed by atoms with van der Waals surface area (Å²) in [5.41, 5.74) is 0. The lowest BCUT2D eigenvalue weighted by molar-refractivity contribution is 0.658. The van der Waals surface area contributed by atoms with Gasteiger partial charge in [-0.1, -0.05) is 0 Å². The van der Waals surface area contributed by atoms with Crippen molar-refractivity contribution in [3.8, 4) is 6.07 Å². The smallest absolute Gasteiger partial charge is 0.133 e. The zero-order valence-corrected chi connectivity index (χ0v) is 10.4. The maximum Gasteiger partial charge on any atom is 0.133 e. The van der Waals surface area contributed by atoms with Crippen molar-refractivity contribution in [2.24, 2.45) is 7.05 Å². The average Bonchev–Trinajstić information content (AvgIpc) is 2.94. The molecule has 0 atom stereocenters. The molecule has 0 bridgehead atoms. The molecular weight excluding hydrogens is 234 g/mol. The van der Waals surface area contributed by atoms with Crippen LogP contribution in [0.2, 0.25) is 0 Å². The van der Waals surface area contributed by atoms with E-state index in [1.165, 1.54) is 16.2 Å². The van der Waals surface area contributed by atoms with Crippen LogP contribution in [0, 0.1) is 11.3 Å². The summed E-state index contributed by atoms with van der Waals surface area (Å²) < 4.78 is 1.92. The molecule has 0 aromatic carbocycles. The summed E-state index contributed by atoms with van der Waals surface area (Å²) in [5, 5.41) is 19.9. The van der Waals surface area contributed by atoms with Crippen LogP contribution in [0.1, 0.15) is 15.6 Å². The lowest BCUT2D eigenvalue weighted by Gasteiger charge is -2.02. The van der Waals surface area contributed by atoms with Gasteiger partial charge in [0.2, 0.25) is 0 Å². The van der Waals surface area contributed by atoms with Gasteiger partial charge in [0.25, 0.3) is 0 Å². The van der Waals surface area contributed by atoms with E-state index in [0.717, 1.165) is 30.2 Å². The van der Waals surface area contributed by atoms with Crippen LogP contribution in [-0.2, 0) is 20.0 Å². The fraction of sp³-hybridized carbons (Fsp3) is 0.364. The van der Waals surface area contributed by atoms with Crippen LogP contribution in [0.5, 0.6) is 0 Å². The monoisotopic (exact) mass is 247 g/mol. The number of thiophene rings is 1. The van der Waals surface area contributed by atoms with Gasteiger partial charge in [-0.3, -0.25) is 0 Å². The first-order valence-corrected chi connectivity index (χ1v) is 6.13. The normalized spacial score (nSPS) is 10.4. The van der Waals surface area contributed by atoms with E-state index >= 15 is 0 Å². The third-order valence-corrected chi connectivity index (χ3v) is 3.39. The molecule has 0 saturated heterocycles. The summed E-state index contributed by atoms with van der Waals surface area (Å²) in [6, 6.07) is 5.97. The van der Waals surface area contributed by atoms with Gasteiger partial charge < -0.3 is 9.88 Å². The van der Waals surface area contributed by atoms with E-state index in [1.54, 1.807) is 6.33 Å². The fourth-order valence-corrected chi connectivity index (χ4v) is 2.25. The first-order chi connectivity index (χ1) is 8.29. The molecule has 0 unspecified atom stereocenters. The zero-order chi connectivity index (χ0) is 12.1. The second-order valence-electron chi connectivity index (χ2n) is 3.66. The quantitative estimate of drug-likeness (QED) is 0.803. The summed E-state index contributed by atoms with van der Waals surface area (Å²) in [6.07, 6.45) is 2.56. The molecule has 0 fully saturated rings. The highest BCUT2D eigenvalue weighted by molar-refractivity contribution is 7.12. The molecule has 1 N–H and O–H groups in total. The van der Waals surface area contributed by atoms with Gasteiger partial charge in [0.05, 0.1) is 0 Å². The Labute approximate surface area is 104 Å². The molecular formula is C11H13N5S. The summed E-state index contributed by atoms with van der Waals surface area (Å²) in [4.78, 5) is 1.94. The average molecular weight is 247 g/mol. The van der Waals surface area contributed by atoms with Gasteiger partial charge in [0, 0.05) is 31.4 Å². The minimum Gasteiger partial charge on any atom is -0.321 e. The van der Waals surface area contributed by atoms with Crippen molar-refractivity contribution in [2.45, 2.75) is 13.0 Å². The standard InChI is InChI=1S/C11H13N5S/c1-16-8-14-15-11(16)4-5-13-7-10-3-2-9(6-12)17-10/h2-3,8,13H,4-5,7H2,1H3. The van der Waals surface area contributed by atoms with Crippen molar-refractivity contribution < 1.29 is 0 Å². The number of nitrogens with zero attached hydrogens (tertiary/aromatic N) is 4. The molecule has 2 aromatic heterocycles. The highest BCUT2D eigenvalue weighted by Gasteiger charge is 2.01. The Hall–Kier alpha value is -1.71. The molecule has 0 aliphatic carbocycles. The largest absolute Gasteiger partial charge is 0.321 e. The van der Waals surface area contributed by atoms with Crippen molar-refractivity contribution in [3.05, 3.63) is 34.0 Å². The van der Waals surface area contributed by atoms with Crippen LogP contribution in [-0.4, -0.2) is 21.3 Å². The molecule has 0 radical (unpaired) electrons. The highest BCUT2D eigenvalue weighted by Crippen LogP contribution is 2.14. The minimum atomic E-state index is 0.759. The molecule has 0 amide bonds. The lowest BCUT2D eigenvalue weighted by atomic mass is 10.4. The Bertz CT molecular complexity index is 522. The molecule has 88 valence electrons. The number of aryl methyl sites for hydroxylation is 1. The second kappa shape index (κ2) is 5.57. The maximum atomic E-state index is 8.70. The zero-order valence-electron chi connectivity index (χ0n) is 9.55. The second-order valence-corrected chi connectivity index (χ2v) is 4.83. The van der Waals surface area contributed by atoms with E-state index in [4.69, 9.17) is 5.26 Å². The molecule has 6 heteroatoms. The van der Waals surface area contributed by atoms with Gasteiger partial charge in [-0.15, -0.1) is 21.5 Å². The van der Waals surface area contributed by atoms with Gasteiger partial charge in [0.1, 0.15) is 23.1 Å². The molecule has 2 heterocycles. The molecule has 0 spiro atoms. The predicted molar refractivity (Wildman–Crippen MR) is 65.4 cm³/mol. The van der Waals surface area contributed by atoms with Gasteiger partial charge in [0.15, 0.2) is 0 Å². The summed E-state index contributed by atoms with van der Waals surface area (Å²) in [6.45, 7) is 1.65. The van der Waals surface area contributed by atoms with Crippen molar-refractivity contribution in [1.82, 2.24) is 20.1 Å². The van der Waals surface area contributed by atoms with E-state index in [0.29, 0.717) is 0 Å². The highest BCUT2D eigenvalue weighted by atomic mass is 32.1. The maximum absolute atomic E-state index is 8.70. The predicted octanol–water partition coefficient (Wildman–Crippen LogP) is 1.08. The van der Waals surface area contributed by atoms with E-state index in [2.05, 4.69) is 21.6 Å². The number of rotatable bonds is 5. The van der Waals surface area contributed by atoms with Crippen molar-refractivity contribution >= 4 is 11.3 Å². The first-order valence-electron chi connectivity index (χ1n) is 5.32. The molecule has 0 aliphatic heterocycles. The van der Waals surface area contributed by atoms with Crippen molar-refractivity contribution in [1.29, 1.82) is 5.26 Å². The van der Waals surface area contributed by atoms with Crippen LogP contribution >= 0.6 is 11.3 Å². The van der Waals surface area contributed by atoms with E-state index in [9.17, 15) is 0 Å². The molecule has 0 saturated carbocycles. The number of hydrogen-bond donors (Lipinski definition) is 1. The molecule has 17 heavy (non-hydrogen) atoms. The van der Waals surface area contributed by atoms with Gasteiger partial charge in [-0.25, -0.2) is 0 Å². The van der Waals surface area contributed by atoms with Crippen LogP contribution in [0.4, 0.5) is 0 Å². The first kappa shape index (κ1) is 11.8. The third kappa shape index (κ3) is 3.12. The van der Waals surface area contributed by atoms with E-state index in [1.807, 2.05) is 23.7 Å². The van der Waals surface area contributed by atoms with Crippen LogP contribution in [0.15, 0.2) is 18.5 Å². The van der Waals surface area contributed by atoms with Crippen LogP contribution in [0.25, 0.3) is 0 Å². The summed E-state index contributed by atoms with van der Waals surface area (Å²) in [5.74, 6) is 0.974. The Kier molecular flexibility index (Phi) is 3.85. The van der Waals surface area contributed by atoms with E-state index in [-0.39, 0.29) is 0 Å². The van der Waals surface area contributed by atoms with Crippen molar-refractivity contribution in [2.75, 3.05) is 6.54 Å². The lowest BCUT2D eigenvalue weighted by Crippen LogP contribution is -2.17. The minimum absolute atomic E-state index is 0.759. The molecule has 0 aliphatic rings. The molecule has 5 nitrogen and oxygen atoms in total. The van der Waals surface area contributed by atoms with Gasteiger partial charge in [-0.2, -0.15) is 5.26 Å². The number of nitriles is 1. The molecule has 2 aromatic rings. The Morgan fingerprint density at radius 1 is 1.53 bits per heavy atom. The fourth-order valence-electron chi connectivity index (χ4n) is 1.48. The molecule has 2 rings (SSSR count). The van der Waals surface area contributed by atoms with Crippen LogP contribution < -0.4 is 5.32 Å². The van der Waals surface area contributed by atoms with Gasteiger partial charge in [-0.05, 0) is 12.1 Å². The summed E-state index contributed by atoms with van der Waals surface area (Å²) >= 11 is 1.53. The Balaban J connectivity index is 1.73. The SMILES string of the molecule is Cn1cnnc1CCNCc1ccc(C#N)s1. The van der Waals surface area contributed by atoms with Crippen molar-refractivity contribution in [3.63, 3.8) is 0 Å².